The third-order valence-electron chi connectivity index (χ3n) is 4.89. The van der Waals surface area contributed by atoms with Gasteiger partial charge < -0.3 is 15.0 Å². The molecule has 10 heteroatoms. The van der Waals surface area contributed by atoms with E-state index in [4.69, 9.17) is 4.74 Å². The molecule has 0 aliphatic carbocycles. The molecule has 2 rings (SSSR count). The molecule has 1 atom stereocenters. The minimum atomic E-state index is -3.99. The Labute approximate surface area is 194 Å². The van der Waals surface area contributed by atoms with E-state index < -0.39 is 40.2 Å². The number of para-hydroxylation sites is 1. The maximum absolute atomic E-state index is 14.4. The number of hydrogen-bond donors (Lipinski definition) is 1. The van der Waals surface area contributed by atoms with Crippen LogP contribution in [-0.2, 0) is 26.2 Å². The van der Waals surface area contributed by atoms with Crippen LogP contribution in [0.4, 0.5) is 10.1 Å². The van der Waals surface area contributed by atoms with Gasteiger partial charge >= 0.3 is 0 Å². The first kappa shape index (κ1) is 26.1. The second kappa shape index (κ2) is 11.1. The van der Waals surface area contributed by atoms with E-state index in [1.54, 1.807) is 45.0 Å². The van der Waals surface area contributed by atoms with Crippen LogP contribution in [0.15, 0.2) is 48.5 Å². The van der Waals surface area contributed by atoms with Crippen molar-refractivity contribution in [2.45, 2.75) is 39.4 Å². The van der Waals surface area contributed by atoms with Crippen molar-refractivity contribution in [3.8, 4) is 5.75 Å². The average molecular weight is 480 g/mol. The van der Waals surface area contributed by atoms with Gasteiger partial charge in [0.05, 0.1) is 19.1 Å². The number of nitrogens with one attached hydrogen (secondary N) is 1. The number of sulfonamides is 1. The number of rotatable bonds is 10. The van der Waals surface area contributed by atoms with Gasteiger partial charge in [-0.15, -0.1) is 0 Å². The second-order valence-electron chi connectivity index (χ2n) is 7.93. The quantitative estimate of drug-likeness (QED) is 0.565. The number of carbonyl (C=O) groups is 2. The van der Waals surface area contributed by atoms with E-state index in [0.717, 1.165) is 12.3 Å². The van der Waals surface area contributed by atoms with Crippen molar-refractivity contribution in [1.29, 1.82) is 0 Å². The monoisotopic (exact) mass is 479 g/mol. The van der Waals surface area contributed by atoms with Crippen molar-refractivity contribution in [1.82, 2.24) is 10.2 Å². The third kappa shape index (κ3) is 7.18. The van der Waals surface area contributed by atoms with Crippen molar-refractivity contribution in [2.75, 3.05) is 24.2 Å². The van der Waals surface area contributed by atoms with Gasteiger partial charge in [0.25, 0.3) is 0 Å². The fourth-order valence-corrected chi connectivity index (χ4v) is 4.05. The van der Waals surface area contributed by atoms with Gasteiger partial charge in [0, 0.05) is 12.6 Å². The summed E-state index contributed by atoms with van der Waals surface area (Å²) < 4.78 is 45.2. The Morgan fingerprint density at radius 1 is 1.09 bits per heavy atom. The minimum Gasteiger partial charge on any atom is -0.497 e. The number of anilines is 1. The van der Waals surface area contributed by atoms with Gasteiger partial charge in [0.15, 0.2) is 0 Å². The molecule has 1 N–H and O–H groups in total. The average Bonchev–Trinajstić information content (AvgIpc) is 2.74. The topological polar surface area (TPSA) is 96.0 Å². The maximum Gasteiger partial charge on any atom is 0.244 e. The first-order chi connectivity index (χ1) is 15.4. The van der Waals surface area contributed by atoms with Gasteiger partial charge in [-0.25, -0.2) is 12.8 Å². The van der Waals surface area contributed by atoms with Crippen LogP contribution < -0.4 is 14.4 Å². The first-order valence-electron chi connectivity index (χ1n) is 10.4. The van der Waals surface area contributed by atoms with E-state index in [9.17, 15) is 22.4 Å². The molecule has 0 fully saturated rings. The van der Waals surface area contributed by atoms with E-state index in [1.165, 1.54) is 30.2 Å². The van der Waals surface area contributed by atoms with Gasteiger partial charge in [-0.2, -0.15) is 0 Å². The minimum absolute atomic E-state index is 0.0254. The Morgan fingerprint density at radius 2 is 1.76 bits per heavy atom. The fourth-order valence-electron chi connectivity index (χ4n) is 3.20. The highest BCUT2D eigenvalue weighted by Crippen LogP contribution is 2.22. The Balaban J connectivity index is 2.42. The largest absolute Gasteiger partial charge is 0.497 e. The molecule has 0 aliphatic heterocycles. The Kier molecular flexibility index (Phi) is 8.81. The number of ether oxygens (including phenoxy) is 1. The van der Waals surface area contributed by atoms with Crippen LogP contribution in [-0.4, -0.2) is 57.1 Å². The zero-order valence-corrected chi connectivity index (χ0v) is 20.2. The summed E-state index contributed by atoms with van der Waals surface area (Å²) in [7, 11) is -2.48. The molecule has 2 aromatic carbocycles. The molecule has 0 unspecified atom stereocenters. The Hall–Kier alpha value is -3.14. The molecule has 2 aromatic rings. The van der Waals surface area contributed by atoms with Gasteiger partial charge in [-0.3, -0.25) is 13.9 Å². The van der Waals surface area contributed by atoms with Crippen molar-refractivity contribution in [2.24, 2.45) is 0 Å². The third-order valence-corrected chi connectivity index (χ3v) is 6.01. The number of benzene rings is 2. The van der Waals surface area contributed by atoms with Gasteiger partial charge in [0.2, 0.25) is 21.8 Å². The summed E-state index contributed by atoms with van der Waals surface area (Å²) >= 11 is 0. The summed E-state index contributed by atoms with van der Waals surface area (Å²) in [6.45, 7) is 4.51. The lowest BCUT2D eigenvalue weighted by Gasteiger charge is -2.32. The zero-order valence-electron chi connectivity index (χ0n) is 19.4. The number of hydrogen-bond acceptors (Lipinski definition) is 5. The molecule has 0 spiro atoms. The molecule has 0 aliphatic rings. The number of amides is 2. The highest BCUT2D eigenvalue weighted by Gasteiger charge is 2.31. The normalized spacial score (nSPS) is 12.2. The van der Waals surface area contributed by atoms with Gasteiger partial charge in [-0.05, 0) is 50.6 Å². The molecule has 33 heavy (non-hydrogen) atoms. The molecule has 0 saturated carbocycles. The molecule has 8 nitrogen and oxygen atoms in total. The molecule has 180 valence electrons. The highest BCUT2D eigenvalue weighted by molar-refractivity contribution is 7.92. The van der Waals surface area contributed by atoms with Crippen LogP contribution in [0, 0.1) is 5.82 Å². The standard InChI is InChI=1S/C23H30FN3O5S/c1-16(2)25-23(29)17(3)26(14-18-9-8-10-19(13-18)32-4)22(28)15-27(33(5,30)31)21-12-7-6-11-20(21)24/h6-13,16-17H,14-15H2,1-5H3,(H,25,29)/t17-/m1/s1. The Morgan fingerprint density at radius 3 is 2.33 bits per heavy atom. The summed E-state index contributed by atoms with van der Waals surface area (Å²) in [5.74, 6) is -1.25. The summed E-state index contributed by atoms with van der Waals surface area (Å²) in [4.78, 5) is 27.3. The summed E-state index contributed by atoms with van der Waals surface area (Å²) in [5.41, 5.74) is 0.442. The second-order valence-corrected chi connectivity index (χ2v) is 9.84. The lowest BCUT2D eigenvalue weighted by molar-refractivity contribution is -0.139. The zero-order chi connectivity index (χ0) is 24.8. The van der Waals surface area contributed by atoms with E-state index in [0.29, 0.717) is 15.6 Å². The number of carbonyl (C=O) groups excluding carboxylic acids is 2. The van der Waals surface area contributed by atoms with Crippen LogP contribution >= 0.6 is 0 Å². The molecule has 0 saturated heterocycles. The van der Waals surface area contributed by atoms with E-state index in [2.05, 4.69) is 5.32 Å². The summed E-state index contributed by atoms with van der Waals surface area (Å²) in [5, 5.41) is 2.76. The molecule has 0 radical (unpaired) electrons. The van der Waals surface area contributed by atoms with Crippen LogP contribution in [0.5, 0.6) is 5.75 Å². The number of nitrogens with zero attached hydrogens (tertiary/aromatic N) is 2. The van der Waals surface area contributed by atoms with Crippen molar-refractivity contribution < 1.29 is 27.1 Å². The smallest absolute Gasteiger partial charge is 0.244 e. The molecule has 2 amide bonds. The highest BCUT2D eigenvalue weighted by atomic mass is 32.2. The number of methoxy groups -OCH3 is 1. The number of halogens is 1. The maximum atomic E-state index is 14.4. The van der Waals surface area contributed by atoms with E-state index in [-0.39, 0.29) is 18.3 Å². The van der Waals surface area contributed by atoms with Crippen LogP contribution in [0.1, 0.15) is 26.3 Å². The predicted octanol–water partition coefficient (Wildman–Crippen LogP) is 2.54. The molecule has 0 aromatic heterocycles. The van der Waals surface area contributed by atoms with E-state index in [1.807, 2.05) is 0 Å². The lowest BCUT2D eigenvalue weighted by atomic mass is 10.1. The van der Waals surface area contributed by atoms with Gasteiger partial charge in [-0.1, -0.05) is 24.3 Å². The van der Waals surface area contributed by atoms with Crippen molar-refractivity contribution in [3.05, 3.63) is 59.9 Å². The summed E-state index contributed by atoms with van der Waals surface area (Å²) in [6, 6.07) is 11.2. The van der Waals surface area contributed by atoms with Gasteiger partial charge in [0.1, 0.15) is 24.2 Å². The molecular weight excluding hydrogens is 449 g/mol. The summed E-state index contributed by atoms with van der Waals surface area (Å²) in [6.07, 6.45) is 0.897. The van der Waals surface area contributed by atoms with Crippen LogP contribution in [0.3, 0.4) is 0 Å². The molecular formula is C23H30FN3O5S. The van der Waals surface area contributed by atoms with E-state index >= 15 is 0 Å². The van der Waals surface area contributed by atoms with Crippen molar-refractivity contribution >= 4 is 27.5 Å². The van der Waals surface area contributed by atoms with Crippen molar-refractivity contribution in [3.63, 3.8) is 0 Å². The van der Waals surface area contributed by atoms with Crippen LogP contribution in [0.2, 0.25) is 0 Å². The fraction of sp³-hybridized carbons (Fsp3) is 0.391. The molecule has 0 heterocycles. The Bertz CT molecular complexity index is 1090. The predicted molar refractivity (Wildman–Crippen MR) is 125 cm³/mol. The first-order valence-corrected chi connectivity index (χ1v) is 12.2. The van der Waals surface area contributed by atoms with Crippen LogP contribution in [0.25, 0.3) is 0 Å². The lowest BCUT2D eigenvalue weighted by Crippen LogP contribution is -2.52. The molecule has 0 bridgehead atoms. The SMILES string of the molecule is COc1cccc(CN(C(=O)CN(c2ccccc2F)S(C)(=O)=O)[C@H](C)C(=O)NC(C)C)c1.